The molecule has 1 heterocycles. The first-order chi connectivity index (χ1) is 11.0. The molecule has 1 aromatic heterocycles. The number of aromatic nitrogens is 2. The molecule has 1 unspecified atom stereocenters. The van der Waals surface area contributed by atoms with E-state index >= 15 is 0 Å². The number of nitrogens with zero attached hydrogens (tertiary/aromatic N) is 2. The van der Waals surface area contributed by atoms with E-state index in [0.717, 1.165) is 10.0 Å². The van der Waals surface area contributed by atoms with Crippen LogP contribution in [-0.4, -0.2) is 35.5 Å². The lowest BCUT2D eigenvalue weighted by molar-refractivity contribution is -0.122. The predicted octanol–water partition coefficient (Wildman–Crippen LogP) is 3.01. The van der Waals surface area contributed by atoms with Crippen LogP contribution in [0.25, 0.3) is 0 Å². The third-order valence-electron chi connectivity index (χ3n) is 3.19. The lowest BCUT2D eigenvalue weighted by atomic mass is 10.2. The van der Waals surface area contributed by atoms with Crippen molar-refractivity contribution < 1.29 is 14.3 Å². The highest BCUT2D eigenvalue weighted by Crippen LogP contribution is 2.26. The van der Waals surface area contributed by atoms with Gasteiger partial charge in [0.05, 0.1) is 29.5 Å². The standard InChI is InChI=1S/C16H20BrN3O3/c1-11-4-5-15(14(17)8-11)23-12(2)16(21)19-13-9-18-20(10-13)6-7-22-3/h4-5,8-10,12H,6-7H2,1-3H3,(H,19,21). The molecule has 1 atom stereocenters. The average molecular weight is 382 g/mol. The van der Waals surface area contributed by atoms with Gasteiger partial charge in [-0.25, -0.2) is 0 Å². The van der Waals surface area contributed by atoms with Crippen molar-refractivity contribution in [2.45, 2.75) is 26.5 Å². The van der Waals surface area contributed by atoms with Crippen molar-refractivity contribution >= 4 is 27.5 Å². The Kier molecular flexibility index (Phi) is 6.18. The summed E-state index contributed by atoms with van der Waals surface area (Å²) in [5.41, 5.74) is 1.74. The average Bonchev–Trinajstić information content (AvgIpc) is 2.95. The van der Waals surface area contributed by atoms with Crippen LogP contribution in [0.5, 0.6) is 5.75 Å². The Morgan fingerprint density at radius 3 is 2.96 bits per heavy atom. The summed E-state index contributed by atoms with van der Waals surface area (Å²) in [5.74, 6) is 0.401. The third-order valence-corrected chi connectivity index (χ3v) is 3.81. The number of carbonyl (C=O) groups excluding carboxylic acids is 1. The van der Waals surface area contributed by atoms with Crippen molar-refractivity contribution in [3.63, 3.8) is 0 Å². The van der Waals surface area contributed by atoms with Gasteiger partial charge in [0.1, 0.15) is 5.75 Å². The van der Waals surface area contributed by atoms with Crippen LogP contribution in [-0.2, 0) is 16.1 Å². The largest absolute Gasteiger partial charge is 0.480 e. The summed E-state index contributed by atoms with van der Waals surface area (Å²) in [6.45, 7) is 4.90. The van der Waals surface area contributed by atoms with Crippen LogP contribution in [0, 0.1) is 6.92 Å². The van der Waals surface area contributed by atoms with E-state index in [-0.39, 0.29) is 5.91 Å². The molecule has 6 nitrogen and oxygen atoms in total. The summed E-state index contributed by atoms with van der Waals surface area (Å²) in [5, 5.41) is 6.93. The molecule has 1 aromatic carbocycles. The first-order valence-corrected chi connectivity index (χ1v) is 8.04. The second-order valence-electron chi connectivity index (χ2n) is 5.17. The molecule has 0 bridgehead atoms. The van der Waals surface area contributed by atoms with Crippen LogP contribution >= 0.6 is 15.9 Å². The van der Waals surface area contributed by atoms with Crippen molar-refractivity contribution in [1.82, 2.24) is 9.78 Å². The summed E-state index contributed by atoms with van der Waals surface area (Å²) < 4.78 is 13.2. The number of methoxy groups -OCH3 is 1. The molecule has 0 saturated heterocycles. The number of ether oxygens (including phenoxy) is 2. The summed E-state index contributed by atoms with van der Waals surface area (Å²) >= 11 is 3.44. The van der Waals surface area contributed by atoms with Gasteiger partial charge in [0.15, 0.2) is 6.10 Å². The van der Waals surface area contributed by atoms with Crippen LogP contribution in [0.2, 0.25) is 0 Å². The second kappa shape index (κ2) is 8.12. The monoisotopic (exact) mass is 381 g/mol. The smallest absolute Gasteiger partial charge is 0.265 e. The normalized spacial score (nSPS) is 12.0. The minimum Gasteiger partial charge on any atom is -0.480 e. The molecule has 0 aliphatic heterocycles. The minimum atomic E-state index is -0.628. The number of hydrogen-bond donors (Lipinski definition) is 1. The number of anilines is 1. The van der Waals surface area contributed by atoms with E-state index in [2.05, 4.69) is 26.3 Å². The summed E-state index contributed by atoms with van der Waals surface area (Å²) in [6.07, 6.45) is 2.73. The Morgan fingerprint density at radius 2 is 2.26 bits per heavy atom. The van der Waals surface area contributed by atoms with Gasteiger partial charge in [0.2, 0.25) is 0 Å². The molecular weight excluding hydrogens is 362 g/mol. The highest BCUT2D eigenvalue weighted by atomic mass is 79.9. The Morgan fingerprint density at radius 1 is 1.48 bits per heavy atom. The van der Waals surface area contributed by atoms with Crippen molar-refractivity contribution in [2.24, 2.45) is 0 Å². The fourth-order valence-electron chi connectivity index (χ4n) is 1.92. The van der Waals surface area contributed by atoms with E-state index in [0.29, 0.717) is 24.6 Å². The number of halogens is 1. The molecule has 1 amide bonds. The molecule has 0 radical (unpaired) electrons. The lowest BCUT2D eigenvalue weighted by Crippen LogP contribution is -2.30. The Bertz CT molecular complexity index is 672. The van der Waals surface area contributed by atoms with Crippen molar-refractivity contribution in [3.05, 3.63) is 40.6 Å². The van der Waals surface area contributed by atoms with E-state index < -0.39 is 6.10 Å². The topological polar surface area (TPSA) is 65.4 Å². The number of carbonyl (C=O) groups is 1. The molecule has 2 aromatic rings. The summed E-state index contributed by atoms with van der Waals surface area (Å²) in [6, 6.07) is 5.72. The summed E-state index contributed by atoms with van der Waals surface area (Å²) in [7, 11) is 1.63. The Balaban J connectivity index is 1.93. The van der Waals surface area contributed by atoms with Crippen LogP contribution in [0.3, 0.4) is 0 Å². The molecule has 7 heteroatoms. The third kappa shape index (κ3) is 5.07. The molecule has 0 aliphatic rings. The van der Waals surface area contributed by atoms with E-state index in [4.69, 9.17) is 9.47 Å². The first-order valence-electron chi connectivity index (χ1n) is 7.24. The zero-order valence-electron chi connectivity index (χ0n) is 13.4. The first kappa shape index (κ1) is 17.5. The molecule has 23 heavy (non-hydrogen) atoms. The van der Waals surface area contributed by atoms with Gasteiger partial charge in [0, 0.05) is 13.3 Å². The van der Waals surface area contributed by atoms with E-state index in [1.54, 1.807) is 31.1 Å². The van der Waals surface area contributed by atoms with Crippen LogP contribution in [0.15, 0.2) is 35.1 Å². The van der Waals surface area contributed by atoms with Crippen LogP contribution < -0.4 is 10.1 Å². The zero-order chi connectivity index (χ0) is 16.8. The Labute approximate surface area is 143 Å². The molecule has 0 saturated carbocycles. The van der Waals surface area contributed by atoms with E-state index in [9.17, 15) is 4.79 Å². The number of rotatable bonds is 7. The van der Waals surface area contributed by atoms with Gasteiger partial charge in [-0.05, 0) is 47.5 Å². The van der Waals surface area contributed by atoms with Gasteiger partial charge in [-0.2, -0.15) is 5.10 Å². The summed E-state index contributed by atoms with van der Waals surface area (Å²) in [4.78, 5) is 12.2. The number of amides is 1. The number of nitrogens with one attached hydrogen (secondary N) is 1. The number of hydrogen-bond acceptors (Lipinski definition) is 4. The maximum absolute atomic E-state index is 12.2. The number of benzene rings is 1. The SMILES string of the molecule is COCCn1cc(NC(=O)C(C)Oc2ccc(C)cc2Br)cn1. The van der Waals surface area contributed by atoms with Crippen molar-refractivity contribution in [3.8, 4) is 5.75 Å². The van der Waals surface area contributed by atoms with Crippen LogP contribution in [0.1, 0.15) is 12.5 Å². The van der Waals surface area contributed by atoms with Gasteiger partial charge >= 0.3 is 0 Å². The predicted molar refractivity (Wildman–Crippen MR) is 91.7 cm³/mol. The minimum absolute atomic E-state index is 0.233. The van der Waals surface area contributed by atoms with Crippen molar-refractivity contribution in [2.75, 3.05) is 19.0 Å². The second-order valence-corrected chi connectivity index (χ2v) is 6.02. The molecule has 2 rings (SSSR count). The van der Waals surface area contributed by atoms with Crippen LogP contribution in [0.4, 0.5) is 5.69 Å². The highest BCUT2D eigenvalue weighted by molar-refractivity contribution is 9.10. The van der Waals surface area contributed by atoms with Gasteiger partial charge in [-0.1, -0.05) is 6.07 Å². The van der Waals surface area contributed by atoms with Crippen molar-refractivity contribution in [1.29, 1.82) is 0 Å². The number of aryl methyl sites for hydroxylation is 1. The van der Waals surface area contributed by atoms with Gasteiger partial charge in [-0.15, -0.1) is 0 Å². The highest BCUT2D eigenvalue weighted by Gasteiger charge is 2.17. The molecule has 0 spiro atoms. The quantitative estimate of drug-likeness (QED) is 0.800. The molecule has 1 N–H and O–H groups in total. The maximum Gasteiger partial charge on any atom is 0.265 e. The maximum atomic E-state index is 12.2. The molecule has 0 aliphatic carbocycles. The fourth-order valence-corrected chi connectivity index (χ4v) is 2.51. The molecule has 124 valence electrons. The van der Waals surface area contributed by atoms with Gasteiger partial charge in [-0.3, -0.25) is 9.48 Å². The van der Waals surface area contributed by atoms with E-state index in [1.165, 1.54) is 0 Å². The Hall–Kier alpha value is -1.86. The zero-order valence-corrected chi connectivity index (χ0v) is 15.0. The molecular formula is C16H20BrN3O3. The van der Waals surface area contributed by atoms with Gasteiger partial charge < -0.3 is 14.8 Å². The molecule has 0 fully saturated rings. The van der Waals surface area contributed by atoms with Gasteiger partial charge in [0.25, 0.3) is 5.91 Å². The van der Waals surface area contributed by atoms with E-state index in [1.807, 2.05) is 25.1 Å². The lowest BCUT2D eigenvalue weighted by Gasteiger charge is -2.15. The fraction of sp³-hybridized carbons (Fsp3) is 0.375.